The molecule has 0 spiro atoms. The normalized spacial score (nSPS) is 29.5. The van der Waals surface area contributed by atoms with Crippen molar-refractivity contribution in [2.45, 2.75) is 82.6 Å². The second-order valence-corrected chi connectivity index (χ2v) is 7.43. The summed E-state index contributed by atoms with van der Waals surface area (Å²) in [6.45, 7) is 2.73. The Hall–Kier alpha value is -1.43. The highest BCUT2D eigenvalue weighted by Gasteiger charge is 2.37. The lowest BCUT2D eigenvalue weighted by molar-refractivity contribution is -0.140. The van der Waals surface area contributed by atoms with Crippen LogP contribution in [0.3, 0.4) is 0 Å². The number of hydrogen-bond acceptors (Lipinski definition) is 4. The molecule has 1 aromatic carbocycles. The molecule has 0 bridgehead atoms. The van der Waals surface area contributed by atoms with Gasteiger partial charge in [0, 0.05) is 12.6 Å². The van der Waals surface area contributed by atoms with Gasteiger partial charge in [0.05, 0.1) is 12.1 Å². The van der Waals surface area contributed by atoms with Gasteiger partial charge in [0.1, 0.15) is 6.04 Å². The second kappa shape index (κ2) is 8.79. The Morgan fingerprint density at radius 2 is 1.96 bits per heavy atom. The topological polar surface area (TPSA) is 64.6 Å². The van der Waals surface area contributed by atoms with Crippen molar-refractivity contribution in [2.24, 2.45) is 0 Å². The number of nitrogens with one attached hydrogen (secondary N) is 2. The van der Waals surface area contributed by atoms with Crippen LogP contribution in [0.5, 0.6) is 0 Å². The van der Waals surface area contributed by atoms with Crippen molar-refractivity contribution in [2.75, 3.05) is 0 Å². The lowest BCUT2D eigenvalue weighted by Crippen LogP contribution is -2.53. The third-order valence-corrected chi connectivity index (χ3v) is 5.49. The van der Waals surface area contributed by atoms with Gasteiger partial charge in [0.15, 0.2) is 0 Å². The maximum atomic E-state index is 13.3. The summed E-state index contributed by atoms with van der Waals surface area (Å²) in [5.74, 6) is 0.112. The molecule has 0 radical (unpaired) electrons. The predicted molar refractivity (Wildman–Crippen MR) is 98.6 cm³/mol. The van der Waals surface area contributed by atoms with Crippen molar-refractivity contribution < 1.29 is 9.90 Å². The van der Waals surface area contributed by atoms with E-state index in [0.29, 0.717) is 12.6 Å². The number of amides is 1. The first-order valence-corrected chi connectivity index (χ1v) is 9.72. The second-order valence-electron chi connectivity index (χ2n) is 7.43. The van der Waals surface area contributed by atoms with Crippen LogP contribution >= 0.6 is 0 Å². The van der Waals surface area contributed by atoms with E-state index in [4.69, 9.17) is 0 Å². The van der Waals surface area contributed by atoms with E-state index in [1.54, 1.807) is 0 Å². The first-order valence-electron chi connectivity index (χ1n) is 9.72. The van der Waals surface area contributed by atoms with Gasteiger partial charge in [0.25, 0.3) is 0 Å². The fourth-order valence-corrected chi connectivity index (χ4v) is 4.12. The van der Waals surface area contributed by atoms with Crippen LogP contribution in [-0.2, 0) is 11.3 Å². The molecule has 3 N–H and O–H groups in total. The van der Waals surface area contributed by atoms with Crippen LogP contribution in [0.15, 0.2) is 30.3 Å². The van der Waals surface area contributed by atoms with Gasteiger partial charge in [-0.3, -0.25) is 10.2 Å². The van der Waals surface area contributed by atoms with Gasteiger partial charge in [-0.2, -0.15) is 0 Å². The van der Waals surface area contributed by atoms with E-state index in [2.05, 4.69) is 29.9 Å². The lowest BCUT2D eigenvalue weighted by atomic mass is 9.90. The summed E-state index contributed by atoms with van der Waals surface area (Å²) in [7, 11) is 0. The van der Waals surface area contributed by atoms with Crippen molar-refractivity contribution in [3.8, 4) is 0 Å². The Morgan fingerprint density at radius 1 is 1.20 bits per heavy atom. The van der Waals surface area contributed by atoms with Gasteiger partial charge < -0.3 is 10.0 Å². The number of aliphatic hydroxyl groups is 1. The first-order chi connectivity index (χ1) is 12.2. The maximum absolute atomic E-state index is 13.3. The van der Waals surface area contributed by atoms with Crippen molar-refractivity contribution in [3.05, 3.63) is 35.9 Å². The van der Waals surface area contributed by atoms with Gasteiger partial charge in [-0.05, 0) is 31.2 Å². The number of nitrogens with zero attached hydrogens (tertiary/aromatic N) is 1. The number of hydrogen-bond donors (Lipinski definition) is 3. The van der Waals surface area contributed by atoms with Gasteiger partial charge in [-0.25, -0.2) is 5.43 Å². The lowest BCUT2D eigenvalue weighted by Gasteiger charge is -2.39. The third kappa shape index (κ3) is 4.60. The summed E-state index contributed by atoms with van der Waals surface area (Å²) in [6, 6.07) is 10.2. The largest absolute Gasteiger partial charge is 0.391 e. The summed E-state index contributed by atoms with van der Waals surface area (Å²) in [5, 5.41) is 10.5. The first kappa shape index (κ1) is 18.4. The zero-order valence-corrected chi connectivity index (χ0v) is 15.2. The number of aliphatic hydroxyl groups excluding tert-OH is 1. The van der Waals surface area contributed by atoms with E-state index in [9.17, 15) is 9.90 Å². The molecule has 1 amide bonds. The van der Waals surface area contributed by atoms with Crippen LogP contribution in [0.2, 0.25) is 0 Å². The van der Waals surface area contributed by atoms with Crippen LogP contribution < -0.4 is 10.9 Å². The van der Waals surface area contributed by atoms with E-state index in [1.165, 1.54) is 0 Å². The maximum Gasteiger partial charge on any atom is 0.241 e. The third-order valence-electron chi connectivity index (χ3n) is 5.49. The van der Waals surface area contributed by atoms with Gasteiger partial charge >= 0.3 is 0 Å². The van der Waals surface area contributed by atoms with Crippen LogP contribution in [-0.4, -0.2) is 40.1 Å². The van der Waals surface area contributed by atoms with Gasteiger partial charge in [-0.15, -0.1) is 0 Å². The molecule has 2 unspecified atom stereocenters. The minimum atomic E-state index is -0.415. The molecule has 5 nitrogen and oxygen atoms in total. The molecular weight excluding hydrogens is 314 g/mol. The Kier molecular flexibility index (Phi) is 6.45. The summed E-state index contributed by atoms with van der Waals surface area (Å²) in [4.78, 5) is 15.2. The Balaban J connectivity index is 1.74. The molecule has 1 saturated carbocycles. The predicted octanol–water partition coefficient (Wildman–Crippen LogP) is 2.35. The fraction of sp³-hybridized carbons (Fsp3) is 0.650. The molecule has 1 saturated heterocycles. The quantitative estimate of drug-likeness (QED) is 0.740. The molecule has 4 atom stereocenters. The zero-order valence-electron chi connectivity index (χ0n) is 15.2. The molecule has 1 heterocycles. The van der Waals surface area contributed by atoms with Crippen LogP contribution in [0.4, 0.5) is 0 Å². The molecule has 1 aromatic rings. The monoisotopic (exact) mass is 345 g/mol. The minimum Gasteiger partial charge on any atom is -0.391 e. The highest BCUT2D eigenvalue weighted by atomic mass is 16.3. The van der Waals surface area contributed by atoms with Crippen molar-refractivity contribution in [1.82, 2.24) is 15.8 Å². The van der Waals surface area contributed by atoms with E-state index in [0.717, 1.165) is 50.5 Å². The van der Waals surface area contributed by atoms with Crippen LogP contribution in [0.1, 0.15) is 57.4 Å². The van der Waals surface area contributed by atoms with Gasteiger partial charge in [-0.1, -0.05) is 56.5 Å². The van der Waals surface area contributed by atoms with E-state index < -0.39 is 6.10 Å². The molecule has 138 valence electrons. The summed E-state index contributed by atoms with van der Waals surface area (Å²) >= 11 is 0. The van der Waals surface area contributed by atoms with Crippen molar-refractivity contribution in [3.63, 3.8) is 0 Å². The molecule has 5 heteroatoms. The average molecular weight is 345 g/mol. The Labute approximate surface area is 150 Å². The molecule has 0 aromatic heterocycles. The molecule has 25 heavy (non-hydrogen) atoms. The fourth-order valence-electron chi connectivity index (χ4n) is 4.12. The van der Waals surface area contributed by atoms with Crippen molar-refractivity contribution >= 4 is 5.91 Å². The average Bonchev–Trinajstić information content (AvgIpc) is 3.10. The summed E-state index contributed by atoms with van der Waals surface area (Å²) in [5.41, 5.74) is 7.57. The summed E-state index contributed by atoms with van der Waals surface area (Å²) < 4.78 is 0. The highest BCUT2D eigenvalue weighted by Crippen LogP contribution is 2.26. The molecular formula is C20H31N3O2. The number of carbonyl (C=O) groups excluding carboxylic acids is 1. The van der Waals surface area contributed by atoms with E-state index >= 15 is 0 Å². The zero-order chi connectivity index (χ0) is 17.6. The highest BCUT2D eigenvalue weighted by molar-refractivity contribution is 5.82. The molecule has 1 aliphatic carbocycles. The molecule has 2 fully saturated rings. The van der Waals surface area contributed by atoms with E-state index in [1.807, 2.05) is 23.1 Å². The molecule has 2 aliphatic rings. The number of hydrazine groups is 1. The number of rotatable bonds is 6. The summed E-state index contributed by atoms with van der Waals surface area (Å²) in [6.07, 6.45) is 6.39. The number of benzene rings is 1. The SMILES string of the molecule is CCCC1CC(C(=O)N(Cc2ccccc2)[C@@H]2CCCC[C@H]2O)NN1. The standard InChI is InChI=1S/C20H31N3O2/c1-2-8-16-13-17(22-21-16)20(25)23(14-15-9-4-3-5-10-15)18-11-6-7-12-19(18)24/h3-5,9-10,16-19,21-22,24H,2,6-8,11-14H2,1H3/t16?,17?,18-,19-/m1/s1. The Morgan fingerprint density at radius 3 is 2.68 bits per heavy atom. The van der Waals surface area contributed by atoms with E-state index in [-0.39, 0.29) is 18.0 Å². The van der Waals surface area contributed by atoms with Crippen LogP contribution in [0, 0.1) is 0 Å². The van der Waals surface area contributed by atoms with Crippen molar-refractivity contribution in [1.29, 1.82) is 0 Å². The minimum absolute atomic E-state index is 0.0755. The van der Waals surface area contributed by atoms with Crippen LogP contribution in [0.25, 0.3) is 0 Å². The van der Waals surface area contributed by atoms with Gasteiger partial charge in [0.2, 0.25) is 5.91 Å². The Bertz CT molecular complexity index is 551. The number of carbonyl (C=O) groups is 1. The molecule has 1 aliphatic heterocycles. The smallest absolute Gasteiger partial charge is 0.241 e. The molecule has 3 rings (SSSR count).